The van der Waals surface area contributed by atoms with Crippen LogP contribution in [0.5, 0.6) is 0 Å². The number of piperidine rings is 1. The minimum absolute atomic E-state index is 0.0678. The average Bonchev–Trinajstić information content (AvgIpc) is 3.52. The summed E-state index contributed by atoms with van der Waals surface area (Å²) in [5.74, 6) is 0.842. The van der Waals surface area contributed by atoms with Gasteiger partial charge in [-0.25, -0.2) is 0 Å². The maximum Gasteiger partial charge on any atom is 0.224 e. The van der Waals surface area contributed by atoms with Crippen molar-refractivity contribution >= 4 is 16.7 Å². The van der Waals surface area contributed by atoms with Crippen molar-refractivity contribution in [3.05, 3.63) is 48.0 Å². The van der Waals surface area contributed by atoms with Crippen LogP contribution >= 0.6 is 0 Å². The number of nitrogens with one attached hydrogen (secondary N) is 1. The van der Waals surface area contributed by atoms with Crippen LogP contribution in [-0.2, 0) is 16.1 Å². The number of hydrogen-bond donors (Lipinski definition) is 1. The average molecular weight is 436 g/mol. The predicted octanol–water partition coefficient (Wildman–Crippen LogP) is 3.67. The van der Waals surface area contributed by atoms with E-state index in [1.165, 1.54) is 42.3 Å². The Bertz CT molecular complexity index is 905. The lowest BCUT2D eigenvalue weighted by Gasteiger charge is -2.38. The first-order chi connectivity index (χ1) is 15.7. The number of ether oxygens (including phenoxy) is 1. The van der Waals surface area contributed by atoms with Crippen LogP contribution in [-0.4, -0.2) is 67.7 Å². The number of hydrogen-bond acceptors (Lipinski definition) is 4. The van der Waals surface area contributed by atoms with Gasteiger partial charge in [0.05, 0.1) is 12.0 Å². The number of carbonyl (C=O) groups is 1. The second kappa shape index (κ2) is 10.3. The smallest absolute Gasteiger partial charge is 0.224 e. The molecule has 1 amide bonds. The molecule has 3 atom stereocenters. The molecule has 5 nitrogen and oxygen atoms in total. The predicted molar refractivity (Wildman–Crippen MR) is 128 cm³/mol. The maximum atomic E-state index is 13.1. The Morgan fingerprint density at radius 3 is 2.66 bits per heavy atom. The summed E-state index contributed by atoms with van der Waals surface area (Å²) in [6, 6.07) is 15.3. The SMILES string of the molecule is O=C(NCC1CCCO1)[C@@H]1C[C@H](CN2CCCC2)CN(Cc2ccc3ccccc3c2)C1. The molecule has 0 aliphatic carbocycles. The van der Waals surface area contributed by atoms with Crippen LogP contribution in [0.2, 0.25) is 0 Å². The molecule has 1 N–H and O–H groups in total. The summed E-state index contributed by atoms with van der Waals surface area (Å²) in [6.07, 6.45) is 6.02. The Morgan fingerprint density at radius 1 is 1.00 bits per heavy atom. The molecule has 0 aromatic heterocycles. The zero-order valence-electron chi connectivity index (χ0n) is 19.2. The molecule has 3 fully saturated rings. The number of amides is 1. The first kappa shape index (κ1) is 21.9. The second-order valence-corrected chi connectivity index (χ2v) is 10.1. The molecule has 3 aliphatic rings. The normalized spacial score (nSPS) is 27.2. The molecule has 32 heavy (non-hydrogen) atoms. The third kappa shape index (κ3) is 5.51. The second-order valence-electron chi connectivity index (χ2n) is 10.1. The van der Waals surface area contributed by atoms with E-state index < -0.39 is 0 Å². The van der Waals surface area contributed by atoms with Gasteiger partial charge in [-0.15, -0.1) is 0 Å². The van der Waals surface area contributed by atoms with E-state index in [9.17, 15) is 4.79 Å². The number of nitrogens with zero attached hydrogens (tertiary/aromatic N) is 2. The van der Waals surface area contributed by atoms with E-state index in [0.29, 0.717) is 12.5 Å². The van der Waals surface area contributed by atoms with Gasteiger partial charge in [-0.3, -0.25) is 9.69 Å². The highest BCUT2D eigenvalue weighted by molar-refractivity contribution is 5.83. The van der Waals surface area contributed by atoms with E-state index in [0.717, 1.165) is 52.0 Å². The largest absolute Gasteiger partial charge is 0.376 e. The maximum absolute atomic E-state index is 13.1. The molecular formula is C27H37N3O2. The zero-order valence-corrected chi connectivity index (χ0v) is 19.2. The lowest BCUT2D eigenvalue weighted by molar-refractivity contribution is -0.128. The van der Waals surface area contributed by atoms with Crippen LogP contribution < -0.4 is 5.32 Å². The van der Waals surface area contributed by atoms with E-state index in [1.54, 1.807) is 0 Å². The quantitative estimate of drug-likeness (QED) is 0.721. The molecular weight excluding hydrogens is 398 g/mol. The van der Waals surface area contributed by atoms with E-state index in [1.807, 2.05) is 0 Å². The van der Waals surface area contributed by atoms with E-state index >= 15 is 0 Å². The van der Waals surface area contributed by atoms with Crippen LogP contribution in [0.3, 0.4) is 0 Å². The standard InChI is InChI=1S/C27H37N3O2/c31-27(28-16-26-8-5-13-32-26)25-15-22(18-29-11-3-4-12-29)19-30(20-25)17-21-9-10-23-6-1-2-7-24(23)14-21/h1-2,6-7,9-10,14,22,25-26H,3-5,8,11-13,15-20H2,(H,28,31)/t22-,25-,26?/m1/s1. The fraction of sp³-hybridized carbons (Fsp3) is 0.593. The van der Waals surface area contributed by atoms with Crippen LogP contribution in [0.1, 0.15) is 37.7 Å². The number of benzene rings is 2. The Balaban J connectivity index is 1.25. The van der Waals surface area contributed by atoms with Gasteiger partial charge < -0.3 is 15.0 Å². The summed E-state index contributed by atoms with van der Waals surface area (Å²) in [5.41, 5.74) is 1.34. The Labute approximate surface area is 192 Å². The van der Waals surface area contributed by atoms with E-state index in [2.05, 4.69) is 57.6 Å². The molecule has 0 saturated carbocycles. The first-order valence-corrected chi connectivity index (χ1v) is 12.5. The van der Waals surface area contributed by atoms with Gasteiger partial charge in [0.15, 0.2) is 0 Å². The van der Waals surface area contributed by atoms with Crippen LogP contribution in [0, 0.1) is 11.8 Å². The van der Waals surface area contributed by atoms with Crippen molar-refractivity contribution in [2.24, 2.45) is 11.8 Å². The van der Waals surface area contributed by atoms with Crippen molar-refractivity contribution in [3.63, 3.8) is 0 Å². The fourth-order valence-corrected chi connectivity index (χ4v) is 5.84. The summed E-state index contributed by atoms with van der Waals surface area (Å²) in [4.78, 5) is 18.2. The first-order valence-electron chi connectivity index (χ1n) is 12.5. The van der Waals surface area contributed by atoms with E-state index in [4.69, 9.17) is 4.74 Å². The minimum atomic E-state index is 0.0678. The summed E-state index contributed by atoms with van der Waals surface area (Å²) < 4.78 is 5.70. The molecule has 2 aromatic rings. The topological polar surface area (TPSA) is 44.8 Å². The molecule has 172 valence electrons. The number of carbonyl (C=O) groups excluding carboxylic acids is 1. The molecule has 0 radical (unpaired) electrons. The van der Waals surface area contributed by atoms with Gasteiger partial charge in [-0.1, -0.05) is 36.4 Å². The molecule has 5 heteroatoms. The number of rotatable bonds is 7. The molecule has 0 bridgehead atoms. The van der Waals surface area contributed by atoms with Gasteiger partial charge in [0, 0.05) is 39.3 Å². The molecule has 0 spiro atoms. The van der Waals surface area contributed by atoms with Crippen molar-refractivity contribution in [1.29, 1.82) is 0 Å². The van der Waals surface area contributed by atoms with Crippen LogP contribution in [0.25, 0.3) is 10.8 Å². The number of fused-ring (bicyclic) bond motifs is 1. The van der Waals surface area contributed by atoms with E-state index in [-0.39, 0.29) is 17.9 Å². The minimum Gasteiger partial charge on any atom is -0.376 e. The lowest BCUT2D eigenvalue weighted by atomic mass is 9.87. The van der Waals surface area contributed by atoms with Gasteiger partial charge in [0.2, 0.25) is 5.91 Å². The molecule has 3 saturated heterocycles. The van der Waals surface area contributed by atoms with Crippen LogP contribution in [0.4, 0.5) is 0 Å². The molecule has 1 unspecified atom stereocenters. The van der Waals surface area contributed by atoms with Crippen molar-refractivity contribution in [1.82, 2.24) is 15.1 Å². The van der Waals surface area contributed by atoms with Gasteiger partial charge >= 0.3 is 0 Å². The Hall–Kier alpha value is -1.95. The molecule has 5 rings (SSSR count). The Morgan fingerprint density at radius 2 is 1.84 bits per heavy atom. The summed E-state index contributed by atoms with van der Waals surface area (Å²) in [6.45, 7) is 7.91. The van der Waals surface area contributed by atoms with Crippen molar-refractivity contribution in [2.75, 3.05) is 45.9 Å². The van der Waals surface area contributed by atoms with Crippen LogP contribution in [0.15, 0.2) is 42.5 Å². The van der Waals surface area contributed by atoms with Crippen molar-refractivity contribution in [2.45, 2.75) is 44.8 Å². The Kier molecular flexibility index (Phi) is 7.06. The van der Waals surface area contributed by atoms with Gasteiger partial charge in [0.1, 0.15) is 0 Å². The highest BCUT2D eigenvalue weighted by Crippen LogP contribution is 2.27. The van der Waals surface area contributed by atoms with Gasteiger partial charge in [-0.2, -0.15) is 0 Å². The summed E-state index contributed by atoms with van der Waals surface area (Å²) in [5, 5.41) is 5.79. The molecule has 3 heterocycles. The summed E-state index contributed by atoms with van der Waals surface area (Å²) >= 11 is 0. The van der Waals surface area contributed by atoms with Gasteiger partial charge in [-0.05, 0) is 73.5 Å². The van der Waals surface area contributed by atoms with Crippen molar-refractivity contribution < 1.29 is 9.53 Å². The fourth-order valence-electron chi connectivity index (χ4n) is 5.84. The zero-order chi connectivity index (χ0) is 21.8. The third-order valence-corrected chi connectivity index (χ3v) is 7.45. The third-order valence-electron chi connectivity index (χ3n) is 7.45. The summed E-state index contributed by atoms with van der Waals surface area (Å²) in [7, 11) is 0. The highest BCUT2D eigenvalue weighted by atomic mass is 16.5. The monoisotopic (exact) mass is 435 g/mol. The molecule has 2 aromatic carbocycles. The lowest BCUT2D eigenvalue weighted by Crippen LogP contribution is -2.49. The highest BCUT2D eigenvalue weighted by Gasteiger charge is 2.33. The van der Waals surface area contributed by atoms with Gasteiger partial charge in [0.25, 0.3) is 0 Å². The molecule has 3 aliphatic heterocycles. The van der Waals surface area contributed by atoms with Crippen molar-refractivity contribution in [3.8, 4) is 0 Å². The number of likely N-dealkylation sites (tertiary alicyclic amines) is 2.